The van der Waals surface area contributed by atoms with Gasteiger partial charge in [0.1, 0.15) is 0 Å². The molecule has 6 heteroatoms. The SMILES string of the molecule is CCOC(=O)c1cc2c(c[n+]1[O-])c(C)cn2CCCCO. The van der Waals surface area contributed by atoms with Crippen LogP contribution in [0.4, 0.5) is 0 Å². The Morgan fingerprint density at radius 2 is 2.24 bits per heavy atom. The zero-order valence-corrected chi connectivity index (χ0v) is 12.3. The molecule has 0 unspecified atom stereocenters. The minimum Gasteiger partial charge on any atom is -0.618 e. The summed E-state index contributed by atoms with van der Waals surface area (Å²) in [6.45, 7) is 4.75. The second-order valence-electron chi connectivity index (χ2n) is 4.94. The van der Waals surface area contributed by atoms with Crippen molar-refractivity contribution in [2.45, 2.75) is 33.2 Å². The fourth-order valence-corrected chi connectivity index (χ4v) is 2.37. The standard InChI is InChI=1S/C15H20N2O4/c1-3-21-15(19)14-8-13-12(10-17(14)20)11(2)9-16(13)6-4-5-7-18/h8-10,18H,3-7H2,1-2H3. The first-order valence-electron chi connectivity index (χ1n) is 7.09. The van der Waals surface area contributed by atoms with Crippen LogP contribution in [0.15, 0.2) is 18.5 Å². The third-order valence-electron chi connectivity index (χ3n) is 3.41. The summed E-state index contributed by atoms with van der Waals surface area (Å²) in [7, 11) is 0. The lowest BCUT2D eigenvalue weighted by Gasteiger charge is -2.07. The molecule has 2 rings (SSSR count). The highest BCUT2D eigenvalue weighted by Crippen LogP contribution is 2.21. The van der Waals surface area contributed by atoms with E-state index in [0.29, 0.717) is 4.73 Å². The topological polar surface area (TPSA) is 78.4 Å². The van der Waals surface area contributed by atoms with Crippen molar-refractivity contribution in [3.63, 3.8) is 0 Å². The molecule has 0 aliphatic carbocycles. The van der Waals surface area contributed by atoms with Gasteiger partial charge in [0.2, 0.25) is 0 Å². The second kappa shape index (κ2) is 6.58. The van der Waals surface area contributed by atoms with Gasteiger partial charge in [0.25, 0.3) is 0 Å². The maximum atomic E-state index is 11.9. The predicted octanol–water partition coefficient (Wildman–Crippen LogP) is 1.53. The number of carbonyl (C=O) groups excluding carboxylic acids is 1. The average molecular weight is 292 g/mol. The normalized spacial score (nSPS) is 11.0. The minimum absolute atomic E-state index is 0.00846. The lowest BCUT2D eigenvalue weighted by atomic mass is 10.2. The Balaban J connectivity index is 2.42. The highest BCUT2D eigenvalue weighted by Gasteiger charge is 2.21. The Hall–Kier alpha value is -2.08. The molecule has 0 aromatic carbocycles. The van der Waals surface area contributed by atoms with E-state index >= 15 is 0 Å². The van der Waals surface area contributed by atoms with Crippen LogP contribution in [0, 0.1) is 12.1 Å². The Labute approximate surface area is 123 Å². The first-order valence-corrected chi connectivity index (χ1v) is 7.09. The summed E-state index contributed by atoms with van der Waals surface area (Å²) in [6, 6.07) is 1.58. The molecule has 114 valence electrons. The average Bonchev–Trinajstić information content (AvgIpc) is 2.75. The number of unbranched alkanes of at least 4 members (excludes halogenated alkanes) is 1. The molecule has 0 spiro atoms. The van der Waals surface area contributed by atoms with Gasteiger partial charge in [-0.15, -0.1) is 0 Å². The molecule has 0 aliphatic heterocycles. The van der Waals surface area contributed by atoms with Crippen molar-refractivity contribution in [3.8, 4) is 0 Å². The fraction of sp³-hybridized carbons (Fsp3) is 0.467. The number of rotatable bonds is 6. The summed E-state index contributed by atoms with van der Waals surface area (Å²) in [5, 5.41) is 21.6. The van der Waals surface area contributed by atoms with Gasteiger partial charge in [0, 0.05) is 25.4 Å². The van der Waals surface area contributed by atoms with Crippen molar-refractivity contribution >= 4 is 16.9 Å². The van der Waals surface area contributed by atoms with Crippen molar-refractivity contribution < 1.29 is 19.4 Å². The molecule has 0 aliphatic rings. The summed E-state index contributed by atoms with van der Waals surface area (Å²) in [4.78, 5) is 11.8. The van der Waals surface area contributed by atoms with Gasteiger partial charge in [-0.3, -0.25) is 0 Å². The van der Waals surface area contributed by atoms with Crippen LogP contribution in [-0.4, -0.2) is 28.9 Å². The summed E-state index contributed by atoms with van der Waals surface area (Å²) < 4.78 is 7.46. The molecule has 2 aromatic heterocycles. The first kappa shape index (κ1) is 15.3. The van der Waals surface area contributed by atoms with Gasteiger partial charge in [-0.1, -0.05) is 0 Å². The largest absolute Gasteiger partial charge is 0.618 e. The summed E-state index contributed by atoms with van der Waals surface area (Å²) in [6.07, 6.45) is 4.93. The fourth-order valence-electron chi connectivity index (χ4n) is 2.37. The third-order valence-corrected chi connectivity index (χ3v) is 3.41. The second-order valence-corrected chi connectivity index (χ2v) is 4.94. The highest BCUT2D eigenvalue weighted by atomic mass is 16.5. The van der Waals surface area contributed by atoms with E-state index in [1.807, 2.05) is 17.7 Å². The van der Waals surface area contributed by atoms with Gasteiger partial charge in [-0.05, 0) is 32.3 Å². The van der Waals surface area contributed by atoms with E-state index in [1.54, 1.807) is 13.0 Å². The number of esters is 1. The third kappa shape index (κ3) is 3.16. The summed E-state index contributed by atoms with van der Waals surface area (Å²) in [5.74, 6) is -0.616. The van der Waals surface area contributed by atoms with Crippen molar-refractivity contribution in [1.29, 1.82) is 0 Å². The van der Waals surface area contributed by atoms with Crippen LogP contribution in [0.5, 0.6) is 0 Å². The number of aromatic nitrogens is 2. The summed E-state index contributed by atoms with van der Waals surface area (Å²) >= 11 is 0. The van der Waals surface area contributed by atoms with Crippen LogP contribution in [0.3, 0.4) is 0 Å². The van der Waals surface area contributed by atoms with Gasteiger partial charge in [0.15, 0.2) is 6.20 Å². The molecular formula is C15H20N2O4. The zero-order chi connectivity index (χ0) is 15.4. The molecule has 21 heavy (non-hydrogen) atoms. The number of fused-ring (bicyclic) bond motifs is 1. The molecule has 0 saturated heterocycles. The number of carbonyl (C=O) groups is 1. The molecule has 0 fully saturated rings. The lowest BCUT2D eigenvalue weighted by Crippen LogP contribution is -2.35. The van der Waals surface area contributed by atoms with E-state index in [9.17, 15) is 10.0 Å². The van der Waals surface area contributed by atoms with Gasteiger partial charge in [-0.2, -0.15) is 4.73 Å². The van der Waals surface area contributed by atoms with Crippen LogP contribution in [0.25, 0.3) is 10.9 Å². The van der Waals surface area contributed by atoms with Crippen molar-refractivity contribution in [2.75, 3.05) is 13.2 Å². The van der Waals surface area contributed by atoms with Crippen LogP contribution >= 0.6 is 0 Å². The number of hydrogen-bond donors (Lipinski definition) is 1. The van der Waals surface area contributed by atoms with Gasteiger partial charge in [-0.25, -0.2) is 4.79 Å². The number of aliphatic hydroxyl groups excluding tert-OH is 1. The molecular weight excluding hydrogens is 272 g/mol. The van der Waals surface area contributed by atoms with Crippen LogP contribution in [0.2, 0.25) is 0 Å². The number of aliphatic hydroxyl groups is 1. The highest BCUT2D eigenvalue weighted by molar-refractivity contribution is 5.91. The smallest absolute Gasteiger partial charge is 0.405 e. The van der Waals surface area contributed by atoms with Crippen LogP contribution in [0.1, 0.15) is 35.8 Å². The maximum Gasteiger partial charge on any atom is 0.405 e. The van der Waals surface area contributed by atoms with E-state index in [2.05, 4.69) is 0 Å². The molecule has 0 radical (unpaired) electrons. The molecule has 6 nitrogen and oxygen atoms in total. The van der Waals surface area contributed by atoms with E-state index in [-0.39, 0.29) is 18.9 Å². The minimum atomic E-state index is -0.616. The Bertz CT molecular complexity index is 649. The molecule has 1 N–H and O–H groups in total. The Morgan fingerprint density at radius 3 is 2.90 bits per heavy atom. The van der Waals surface area contributed by atoms with E-state index < -0.39 is 5.97 Å². The Morgan fingerprint density at radius 1 is 1.48 bits per heavy atom. The lowest BCUT2D eigenvalue weighted by molar-refractivity contribution is -0.606. The first-order chi connectivity index (χ1) is 10.1. The molecule has 2 aromatic rings. The Kier molecular flexibility index (Phi) is 4.80. The van der Waals surface area contributed by atoms with Crippen molar-refractivity contribution in [2.24, 2.45) is 0 Å². The predicted molar refractivity (Wildman–Crippen MR) is 77.9 cm³/mol. The van der Waals surface area contributed by atoms with Crippen LogP contribution in [-0.2, 0) is 11.3 Å². The van der Waals surface area contributed by atoms with Gasteiger partial charge < -0.3 is 19.6 Å². The number of pyridine rings is 1. The quantitative estimate of drug-likeness (QED) is 0.379. The van der Waals surface area contributed by atoms with Gasteiger partial charge >= 0.3 is 11.7 Å². The maximum absolute atomic E-state index is 11.9. The molecule has 2 heterocycles. The molecule has 0 atom stereocenters. The summed E-state index contributed by atoms with van der Waals surface area (Å²) in [5.41, 5.74) is 1.81. The molecule has 0 saturated carbocycles. The number of aryl methyl sites for hydroxylation is 2. The van der Waals surface area contributed by atoms with Crippen molar-refractivity contribution in [1.82, 2.24) is 4.57 Å². The molecule has 0 amide bonds. The van der Waals surface area contributed by atoms with E-state index in [4.69, 9.17) is 9.84 Å². The molecule has 0 bridgehead atoms. The zero-order valence-electron chi connectivity index (χ0n) is 12.3. The number of hydrogen-bond acceptors (Lipinski definition) is 4. The van der Waals surface area contributed by atoms with Gasteiger partial charge in [0.05, 0.1) is 17.5 Å². The van der Waals surface area contributed by atoms with E-state index in [1.165, 1.54) is 6.20 Å². The van der Waals surface area contributed by atoms with Crippen LogP contribution < -0.4 is 4.73 Å². The number of nitrogens with zero attached hydrogens (tertiary/aromatic N) is 2. The van der Waals surface area contributed by atoms with E-state index in [0.717, 1.165) is 35.9 Å². The number of ether oxygens (including phenoxy) is 1. The van der Waals surface area contributed by atoms with Crippen molar-refractivity contribution in [3.05, 3.63) is 34.9 Å². The monoisotopic (exact) mass is 292 g/mol.